The molecular weight excluding hydrogens is 324 g/mol. The molecule has 5 heteroatoms. The van der Waals surface area contributed by atoms with Gasteiger partial charge in [0.05, 0.1) is 16.8 Å². The number of carbonyl (C=O) groups excluding carboxylic acids is 1. The summed E-state index contributed by atoms with van der Waals surface area (Å²) in [5.41, 5.74) is 5.10. The molecule has 1 N–H and O–H groups in total. The molecule has 2 aromatic carbocycles. The van der Waals surface area contributed by atoms with Crippen LogP contribution in [0.3, 0.4) is 0 Å². The van der Waals surface area contributed by atoms with Crippen molar-refractivity contribution in [3.8, 4) is 0 Å². The molecule has 0 spiro atoms. The number of benzene rings is 2. The van der Waals surface area contributed by atoms with E-state index in [-0.39, 0.29) is 5.78 Å². The minimum atomic E-state index is 0.119. The lowest BCUT2D eigenvalue weighted by molar-refractivity contribution is 0.0997. The molecule has 0 amide bonds. The summed E-state index contributed by atoms with van der Waals surface area (Å²) in [6, 6.07) is 12.2. The van der Waals surface area contributed by atoms with E-state index >= 15 is 0 Å². The molecule has 23 heavy (non-hydrogen) atoms. The summed E-state index contributed by atoms with van der Waals surface area (Å²) in [4.78, 5) is 17.0. The fourth-order valence-electron chi connectivity index (χ4n) is 2.77. The Morgan fingerprint density at radius 2 is 1.87 bits per heavy atom. The van der Waals surface area contributed by atoms with Crippen molar-refractivity contribution in [1.29, 1.82) is 0 Å². The number of nitrogens with one attached hydrogen (secondary N) is 1. The van der Waals surface area contributed by atoms with Crippen molar-refractivity contribution >= 4 is 39.3 Å². The lowest BCUT2D eigenvalue weighted by Crippen LogP contribution is -2.19. The number of nitrogens with zero attached hydrogens (tertiary/aromatic N) is 1. The van der Waals surface area contributed by atoms with Crippen LogP contribution in [0.4, 0.5) is 0 Å². The van der Waals surface area contributed by atoms with E-state index in [1.807, 2.05) is 32.0 Å². The third-order valence-corrected chi connectivity index (χ3v) is 5.51. The molecular formula is C18H18N2OS2. The monoisotopic (exact) mass is 342 g/mol. The molecule has 3 aromatic rings. The SMILES string of the molecule is Cc1cc(C)c(C(=O)CNSc2nc3ccccc3s2)c(C)c1. The third-order valence-electron chi connectivity index (χ3n) is 3.62. The van der Waals surface area contributed by atoms with Crippen molar-refractivity contribution in [3.63, 3.8) is 0 Å². The predicted molar refractivity (Wildman–Crippen MR) is 98.5 cm³/mol. The van der Waals surface area contributed by atoms with E-state index in [4.69, 9.17) is 0 Å². The van der Waals surface area contributed by atoms with Gasteiger partial charge in [-0.3, -0.25) is 9.52 Å². The first-order valence-electron chi connectivity index (χ1n) is 7.41. The van der Waals surface area contributed by atoms with Crippen molar-refractivity contribution in [2.24, 2.45) is 0 Å². The molecule has 0 saturated heterocycles. The maximum atomic E-state index is 12.5. The first-order valence-corrected chi connectivity index (χ1v) is 9.04. The maximum Gasteiger partial charge on any atom is 0.178 e. The van der Waals surface area contributed by atoms with Crippen LogP contribution in [0.5, 0.6) is 0 Å². The molecule has 0 bridgehead atoms. The number of aromatic nitrogens is 1. The first kappa shape index (κ1) is 16.2. The molecule has 3 rings (SSSR count). The topological polar surface area (TPSA) is 42.0 Å². The number of Topliss-reactive ketones (excluding diaryl/α,β-unsaturated/α-hetero) is 1. The zero-order chi connectivity index (χ0) is 16.4. The van der Waals surface area contributed by atoms with E-state index < -0.39 is 0 Å². The second-order valence-corrected chi connectivity index (χ2v) is 7.74. The lowest BCUT2D eigenvalue weighted by Gasteiger charge is -2.10. The Balaban J connectivity index is 1.65. The van der Waals surface area contributed by atoms with Crippen LogP contribution in [0, 0.1) is 20.8 Å². The number of hydrogen-bond donors (Lipinski definition) is 1. The van der Waals surface area contributed by atoms with E-state index in [1.165, 1.54) is 17.5 Å². The Morgan fingerprint density at radius 1 is 1.17 bits per heavy atom. The van der Waals surface area contributed by atoms with Gasteiger partial charge in [-0.15, -0.1) is 11.3 Å². The Kier molecular flexibility index (Phi) is 4.80. The van der Waals surface area contributed by atoms with E-state index in [2.05, 4.69) is 34.8 Å². The molecule has 0 aliphatic rings. The highest BCUT2D eigenvalue weighted by Crippen LogP contribution is 2.27. The van der Waals surface area contributed by atoms with Gasteiger partial charge >= 0.3 is 0 Å². The van der Waals surface area contributed by atoms with Gasteiger partial charge in [0.25, 0.3) is 0 Å². The van der Waals surface area contributed by atoms with Crippen molar-refractivity contribution in [1.82, 2.24) is 9.71 Å². The van der Waals surface area contributed by atoms with E-state index in [0.717, 1.165) is 31.2 Å². The summed E-state index contributed by atoms with van der Waals surface area (Å²) < 4.78 is 5.23. The molecule has 0 aliphatic heterocycles. The van der Waals surface area contributed by atoms with Gasteiger partial charge in [-0.05, 0) is 56.0 Å². The van der Waals surface area contributed by atoms with Gasteiger partial charge in [0, 0.05) is 5.56 Å². The van der Waals surface area contributed by atoms with Crippen LogP contribution in [-0.4, -0.2) is 17.3 Å². The molecule has 0 radical (unpaired) electrons. The second kappa shape index (κ2) is 6.83. The van der Waals surface area contributed by atoms with Gasteiger partial charge in [-0.1, -0.05) is 29.8 Å². The molecule has 0 unspecified atom stereocenters. The Morgan fingerprint density at radius 3 is 2.57 bits per heavy atom. The number of rotatable bonds is 5. The highest BCUT2D eigenvalue weighted by Gasteiger charge is 2.13. The van der Waals surface area contributed by atoms with E-state index in [0.29, 0.717) is 6.54 Å². The number of hydrogen-bond acceptors (Lipinski definition) is 5. The quantitative estimate of drug-likeness (QED) is 0.539. The number of fused-ring (bicyclic) bond motifs is 1. The number of para-hydroxylation sites is 1. The third kappa shape index (κ3) is 3.63. The number of ketones is 1. The highest BCUT2D eigenvalue weighted by molar-refractivity contribution is 7.99. The average molecular weight is 342 g/mol. The van der Waals surface area contributed by atoms with Crippen molar-refractivity contribution in [3.05, 3.63) is 58.7 Å². The first-order chi connectivity index (χ1) is 11.0. The fourth-order valence-corrected chi connectivity index (χ4v) is 4.55. The van der Waals surface area contributed by atoms with Crippen LogP contribution in [0.1, 0.15) is 27.0 Å². The Hall–Kier alpha value is -1.69. The second-order valence-electron chi connectivity index (χ2n) is 5.57. The van der Waals surface area contributed by atoms with Crippen molar-refractivity contribution in [2.75, 3.05) is 6.54 Å². The standard InChI is InChI=1S/C18H18N2OS2/c1-11-8-12(2)17(13(3)9-11)15(21)10-19-23-18-20-14-6-4-5-7-16(14)22-18/h4-9,19H,10H2,1-3H3. The number of thiazole rings is 1. The van der Waals surface area contributed by atoms with Gasteiger partial charge in [-0.2, -0.15) is 0 Å². The molecule has 1 heterocycles. The normalized spacial score (nSPS) is 11.1. The number of aryl methyl sites for hydroxylation is 3. The molecule has 1 aromatic heterocycles. The summed E-state index contributed by atoms with van der Waals surface area (Å²) in [7, 11) is 0. The van der Waals surface area contributed by atoms with Crippen LogP contribution in [-0.2, 0) is 0 Å². The fraction of sp³-hybridized carbons (Fsp3) is 0.222. The van der Waals surface area contributed by atoms with Crippen LogP contribution < -0.4 is 4.72 Å². The van der Waals surface area contributed by atoms with Gasteiger partial charge < -0.3 is 0 Å². The van der Waals surface area contributed by atoms with Crippen molar-refractivity contribution in [2.45, 2.75) is 25.1 Å². The van der Waals surface area contributed by atoms with Crippen LogP contribution in [0.15, 0.2) is 40.7 Å². The Bertz CT molecular complexity index is 814. The minimum absolute atomic E-state index is 0.119. The molecule has 0 saturated carbocycles. The largest absolute Gasteiger partial charge is 0.293 e. The average Bonchev–Trinajstić information content (AvgIpc) is 2.88. The Labute approximate surface area is 144 Å². The van der Waals surface area contributed by atoms with Gasteiger partial charge in [0.2, 0.25) is 0 Å². The zero-order valence-electron chi connectivity index (χ0n) is 13.3. The van der Waals surface area contributed by atoms with Crippen LogP contribution in [0.2, 0.25) is 0 Å². The summed E-state index contributed by atoms with van der Waals surface area (Å²) in [5, 5.41) is 0. The predicted octanol–water partition coefficient (Wildman–Crippen LogP) is 4.70. The molecule has 0 fully saturated rings. The summed E-state index contributed by atoms with van der Waals surface area (Å²) in [6.07, 6.45) is 0. The summed E-state index contributed by atoms with van der Waals surface area (Å²) in [6.45, 7) is 6.34. The lowest BCUT2D eigenvalue weighted by atomic mass is 9.97. The van der Waals surface area contributed by atoms with E-state index in [1.54, 1.807) is 11.3 Å². The summed E-state index contributed by atoms with van der Waals surface area (Å²) in [5.74, 6) is 0.119. The van der Waals surface area contributed by atoms with E-state index in [9.17, 15) is 4.79 Å². The molecule has 0 atom stereocenters. The van der Waals surface area contributed by atoms with Crippen LogP contribution in [0.25, 0.3) is 10.2 Å². The maximum absolute atomic E-state index is 12.5. The van der Waals surface area contributed by atoms with Crippen LogP contribution >= 0.6 is 23.3 Å². The van der Waals surface area contributed by atoms with Crippen molar-refractivity contribution < 1.29 is 4.79 Å². The molecule has 3 nitrogen and oxygen atoms in total. The van der Waals surface area contributed by atoms with Gasteiger partial charge in [0.1, 0.15) is 0 Å². The smallest absolute Gasteiger partial charge is 0.178 e. The minimum Gasteiger partial charge on any atom is -0.293 e. The molecule has 118 valence electrons. The molecule has 0 aliphatic carbocycles. The zero-order valence-corrected chi connectivity index (χ0v) is 15.0. The number of carbonyl (C=O) groups is 1. The van der Waals surface area contributed by atoms with Gasteiger partial charge in [-0.25, -0.2) is 4.98 Å². The summed E-state index contributed by atoms with van der Waals surface area (Å²) >= 11 is 3.05. The van der Waals surface area contributed by atoms with Gasteiger partial charge in [0.15, 0.2) is 10.1 Å². The highest BCUT2D eigenvalue weighted by atomic mass is 32.2.